The van der Waals surface area contributed by atoms with Gasteiger partial charge in [-0.25, -0.2) is 0 Å². The number of aliphatic imine (C=N–C) groups is 2. The summed E-state index contributed by atoms with van der Waals surface area (Å²) >= 11 is 9.74. The summed E-state index contributed by atoms with van der Waals surface area (Å²) in [5.41, 5.74) is 6.23. The summed E-state index contributed by atoms with van der Waals surface area (Å²) < 4.78 is 10.1. The number of phenols is 2. The summed E-state index contributed by atoms with van der Waals surface area (Å²) in [6.45, 7) is 4.97. The molecule has 0 atom stereocenters. The predicted molar refractivity (Wildman–Crippen MR) is 141 cm³/mol. The van der Waals surface area contributed by atoms with Crippen molar-refractivity contribution in [2.75, 3.05) is 27.3 Å². The standard InChI is InChI=1S/2C11H15N3O2S.2Cu/c2*1-3-12-11(17)14-13-7-8-6-9(16-2)4-5-10(8)15;;/h2*4-7,15H,3H2,1-2H3,(H2,12,14,17);;/q;;2*+1/p-2/b2*13-7+;;. The quantitative estimate of drug-likeness (QED) is 0.115. The molecule has 14 heteroatoms. The number of hydrazone groups is 2. The fourth-order valence-corrected chi connectivity index (χ4v) is 2.56. The Morgan fingerprint density at radius 2 is 1.14 bits per heavy atom. The Bertz CT molecular complexity index is 958. The fraction of sp³-hybridized carbons (Fsp3) is 0.273. The zero-order valence-electron chi connectivity index (χ0n) is 20.0. The van der Waals surface area contributed by atoms with Crippen LogP contribution in [0.3, 0.4) is 0 Å². The van der Waals surface area contributed by atoms with Crippen molar-refractivity contribution in [2.24, 2.45) is 20.2 Å². The van der Waals surface area contributed by atoms with Crippen molar-refractivity contribution in [2.45, 2.75) is 13.8 Å². The van der Waals surface area contributed by atoms with Crippen molar-refractivity contribution in [1.29, 1.82) is 0 Å². The number of amidine groups is 2. The molecule has 0 saturated heterocycles. The van der Waals surface area contributed by atoms with E-state index in [0.717, 1.165) is 0 Å². The van der Waals surface area contributed by atoms with Crippen LogP contribution >= 0.6 is 0 Å². The van der Waals surface area contributed by atoms with Gasteiger partial charge < -0.3 is 44.9 Å². The zero-order chi connectivity index (χ0) is 25.3. The van der Waals surface area contributed by atoms with Gasteiger partial charge >= 0.3 is 34.1 Å². The smallest absolute Gasteiger partial charge is 0.741 e. The summed E-state index contributed by atoms with van der Waals surface area (Å²) in [7, 11) is 3.11. The molecule has 36 heavy (non-hydrogen) atoms. The number of rotatable bonds is 8. The van der Waals surface area contributed by atoms with Crippen LogP contribution in [0.25, 0.3) is 0 Å². The molecule has 0 unspecified atom stereocenters. The molecule has 204 valence electrons. The maximum atomic E-state index is 9.57. The van der Waals surface area contributed by atoms with Gasteiger partial charge in [-0.15, -0.1) is 0 Å². The van der Waals surface area contributed by atoms with E-state index in [4.69, 9.17) is 34.7 Å². The van der Waals surface area contributed by atoms with E-state index >= 15 is 0 Å². The number of nitrogens with one attached hydrogen (secondary N) is 2. The van der Waals surface area contributed by atoms with Gasteiger partial charge in [-0.3, -0.25) is 20.8 Å². The third-order valence-electron chi connectivity index (χ3n) is 3.80. The van der Waals surface area contributed by atoms with E-state index in [1.165, 1.54) is 24.6 Å². The molecule has 2 aromatic rings. The van der Waals surface area contributed by atoms with Gasteiger partial charge in [0, 0.05) is 24.2 Å². The first-order valence-corrected chi connectivity index (χ1v) is 10.9. The van der Waals surface area contributed by atoms with Crippen molar-refractivity contribution >= 4 is 48.0 Å². The minimum absolute atomic E-state index is 0. The number of ether oxygens (including phenoxy) is 2. The normalized spacial score (nSPS) is 11.1. The zero-order valence-corrected chi connectivity index (χ0v) is 23.5. The van der Waals surface area contributed by atoms with Crippen LogP contribution in [0.15, 0.2) is 56.6 Å². The number of benzene rings is 2. The van der Waals surface area contributed by atoms with Crippen molar-refractivity contribution < 1.29 is 53.8 Å². The van der Waals surface area contributed by atoms with Crippen LogP contribution in [0.2, 0.25) is 0 Å². The predicted octanol–water partition coefficient (Wildman–Crippen LogP) is 2.49. The number of methoxy groups -OCH3 is 2. The molecule has 0 amide bonds. The molecular weight excluding hydrogens is 604 g/mol. The molecule has 0 aliphatic heterocycles. The first kappa shape index (κ1) is 35.6. The van der Waals surface area contributed by atoms with Gasteiger partial charge in [-0.1, -0.05) is 0 Å². The van der Waals surface area contributed by atoms with Crippen LogP contribution in [-0.4, -0.2) is 60.3 Å². The van der Waals surface area contributed by atoms with Crippen LogP contribution in [0.4, 0.5) is 0 Å². The Balaban J connectivity index is 0. The second-order valence-electron chi connectivity index (χ2n) is 6.15. The molecule has 10 nitrogen and oxygen atoms in total. The van der Waals surface area contributed by atoms with E-state index in [1.807, 2.05) is 13.8 Å². The molecule has 4 N–H and O–H groups in total. The van der Waals surface area contributed by atoms with Gasteiger partial charge in [0.1, 0.15) is 23.0 Å². The fourth-order valence-electron chi connectivity index (χ4n) is 2.20. The second-order valence-corrected chi connectivity index (χ2v) is 6.92. The van der Waals surface area contributed by atoms with E-state index in [-0.39, 0.29) is 45.6 Å². The number of hydrogen-bond donors (Lipinski definition) is 4. The van der Waals surface area contributed by atoms with Crippen LogP contribution in [0.5, 0.6) is 23.0 Å². The van der Waals surface area contributed by atoms with Crippen molar-refractivity contribution in [1.82, 2.24) is 10.9 Å². The molecule has 2 aromatic carbocycles. The summed E-state index contributed by atoms with van der Waals surface area (Å²) in [5.74, 6) is 1.53. The number of nitrogens with zero attached hydrogens (tertiary/aromatic N) is 4. The topological polar surface area (TPSA) is 132 Å². The van der Waals surface area contributed by atoms with Crippen LogP contribution < -0.4 is 20.3 Å². The first-order valence-electron chi connectivity index (χ1n) is 10.1. The Morgan fingerprint density at radius 1 is 0.778 bits per heavy atom. The Kier molecular flexibility index (Phi) is 20.3. The van der Waals surface area contributed by atoms with E-state index in [9.17, 15) is 10.2 Å². The van der Waals surface area contributed by atoms with Gasteiger partial charge in [-0.2, -0.15) is 10.2 Å². The van der Waals surface area contributed by atoms with Crippen molar-refractivity contribution in [3.8, 4) is 23.0 Å². The summed E-state index contributed by atoms with van der Waals surface area (Å²) in [6, 6.07) is 9.74. The molecule has 0 bridgehead atoms. The number of phenolic OH excluding ortho intramolecular Hbond substituents is 2. The van der Waals surface area contributed by atoms with E-state index in [0.29, 0.717) is 46.1 Å². The molecule has 0 heterocycles. The maximum absolute atomic E-state index is 9.57. The summed E-state index contributed by atoms with van der Waals surface area (Å²) in [4.78, 5) is 7.86. The number of hydrogen-bond acceptors (Lipinski definition) is 10. The monoisotopic (exact) mass is 630 g/mol. The van der Waals surface area contributed by atoms with Crippen molar-refractivity contribution in [3.05, 3.63) is 47.5 Å². The Hall–Kier alpha value is -2.60. The Morgan fingerprint density at radius 3 is 1.44 bits per heavy atom. The summed E-state index contributed by atoms with van der Waals surface area (Å²) in [5, 5.41) is 27.5. The minimum Gasteiger partial charge on any atom is -0.741 e. The minimum atomic E-state index is 0. The molecule has 0 radical (unpaired) electrons. The molecule has 2 rings (SSSR count). The Labute approximate surface area is 243 Å². The third-order valence-corrected chi connectivity index (χ3v) is 4.24. The molecule has 0 fully saturated rings. The summed E-state index contributed by atoms with van der Waals surface area (Å²) in [6.07, 6.45) is 2.91. The molecule has 0 spiro atoms. The largest absolute Gasteiger partial charge is 1.00 e. The average molecular weight is 632 g/mol. The molecular formula is C22H28Cu2N6O4S2. The number of aromatic hydroxyl groups is 2. The van der Waals surface area contributed by atoms with Gasteiger partial charge in [0.15, 0.2) is 0 Å². The van der Waals surface area contributed by atoms with Gasteiger partial charge in [0.05, 0.1) is 26.6 Å². The molecule has 0 saturated carbocycles. The molecule has 0 aliphatic rings. The third kappa shape index (κ3) is 14.1. The van der Waals surface area contributed by atoms with Crippen LogP contribution in [-0.2, 0) is 59.4 Å². The second kappa shape index (κ2) is 20.6. The first-order chi connectivity index (χ1) is 16.3. The van der Waals surface area contributed by atoms with E-state index < -0.39 is 0 Å². The van der Waals surface area contributed by atoms with Gasteiger partial charge in [0.2, 0.25) is 0 Å². The van der Waals surface area contributed by atoms with Gasteiger partial charge in [0.25, 0.3) is 0 Å². The maximum Gasteiger partial charge on any atom is 1.00 e. The molecule has 0 aromatic heterocycles. The van der Waals surface area contributed by atoms with E-state index in [1.54, 1.807) is 38.5 Å². The SMILES string of the molecule is CCN=C([S-])N/N=C/c1cc(OC)ccc1O.CCN=C([S-])N/N=C/c1cc(OC)ccc1O.[Cu+].[Cu+]. The van der Waals surface area contributed by atoms with Crippen molar-refractivity contribution in [3.63, 3.8) is 0 Å². The van der Waals surface area contributed by atoms with Gasteiger partial charge in [-0.05, 0) is 60.6 Å². The average Bonchev–Trinajstić information content (AvgIpc) is 2.82. The van der Waals surface area contributed by atoms with E-state index in [2.05, 4.69) is 31.0 Å². The van der Waals surface area contributed by atoms with Crippen LogP contribution in [0, 0.1) is 0 Å². The van der Waals surface area contributed by atoms with Crippen LogP contribution in [0.1, 0.15) is 25.0 Å². The molecule has 0 aliphatic carbocycles.